The van der Waals surface area contributed by atoms with Gasteiger partial charge in [-0.25, -0.2) is 9.78 Å². The molecule has 1 aromatic heterocycles. The Morgan fingerprint density at radius 3 is 2.67 bits per heavy atom. The Labute approximate surface area is 183 Å². The third kappa shape index (κ3) is 3.13. The molecule has 5 rings (SSSR count). The van der Waals surface area contributed by atoms with Crippen molar-refractivity contribution in [2.24, 2.45) is 4.99 Å². The number of benzene rings is 1. The number of amidine groups is 1. The summed E-state index contributed by atoms with van der Waals surface area (Å²) < 4.78 is 5.81. The summed E-state index contributed by atoms with van der Waals surface area (Å²) in [5, 5.41) is 1.11. The minimum Gasteiger partial charge on any atom is -0.450 e. The number of amides is 1. The van der Waals surface area contributed by atoms with Crippen molar-refractivity contribution in [2.75, 3.05) is 13.1 Å². The molecule has 0 unspecified atom stereocenters. The van der Waals surface area contributed by atoms with Crippen molar-refractivity contribution >= 4 is 46.0 Å². The zero-order chi connectivity index (χ0) is 20.9. The quantitative estimate of drug-likeness (QED) is 0.375. The van der Waals surface area contributed by atoms with E-state index in [0.29, 0.717) is 46.7 Å². The van der Waals surface area contributed by atoms with Gasteiger partial charge in [-0.2, -0.15) is 4.99 Å². The molecule has 152 valence electrons. The van der Waals surface area contributed by atoms with E-state index < -0.39 is 5.60 Å². The monoisotopic (exact) mass is 439 g/mol. The summed E-state index contributed by atoms with van der Waals surface area (Å²) in [6, 6.07) is 11.1. The van der Waals surface area contributed by atoms with Gasteiger partial charge in [0, 0.05) is 37.7 Å². The second kappa shape index (κ2) is 7.25. The highest BCUT2D eigenvalue weighted by Crippen LogP contribution is 2.45. The van der Waals surface area contributed by atoms with Crippen LogP contribution >= 0.6 is 23.4 Å². The number of allylic oxidation sites excluding steroid dienone is 1. The lowest BCUT2D eigenvalue weighted by atomic mass is 9.84. The molecule has 0 saturated carbocycles. The van der Waals surface area contributed by atoms with E-state index in [9.17, 15) is 9.59 Å². The number of fused-ring (bicyclic) bond motifs is 2. The van der Waals surface area contributed by atoms with Gasteiger partial charge in [0.15, 0.2) is 5.17 Å². The number of hydrogen-bond donors (Lipinski definition) is 0. The van der Waals surface area contributed by atoms with Crippen LogP contribution in [0.1, 0.15) is 41.3 Å². The maximum atomic E-state index is 12.6. The predicted molar refractivity (Wildman–Crippen MR) is 116 cm³/mol. The van der Waals surface area contributed by atoms with E-state index in [-0.39, 0.29) is 11.9 Å². The second-order valence-electron chi connectivity index (χ2n) is 7.54. The maximum absolute atomic E-state index is 12.6. The fraction of sp³-hybridized carbons (Fsp3) is 0.273. The van der Waals surface area contributed by atoms with Gasteiger partial charge in [-0.15, -0.1) is 0 Å². The van der Waals surface area contributed by atoms with Crippen LogP contribution in [0.3, 0.4) is 0 Å². The van der Waals surface area contributed by atoms with Crippen LogP contribution < -0.4 is 0 Å². The standard InChI is InChI=1S/C22H18ClN3O3S/c1-13(14-6-7-17(23)24-12-14)18-19(27)25-21(30-18)26-10-8-22(9-11-26)16-5-3-2-4-15(16)20(28)29-22/h2-7,12H,8-11H2,1H3/b18-13-. The number of thioether (sulfide) groups is 1. The van der Waals surface area contributed by atoms with Crippen LogP contribution in [-0.4, -0.2) is 40.0 Å². The van der Waals surface area contributed by atoms with Crippen molar-refractivity contribution in [3.8, 4) is 0 Å². The molecule has 6 nitrogen and oxygen atoms in total. The van der Waals surface area contributed by atoms with Crippen molar-refractivity contribution in [3.05, 3.63) is 69.3 Å². The summed E-state index contributed by atoms with van der Waals surface area (Å²) in [5.41, 5.74) is 2.74. The molecule has 0 radical (unpaired) electrons. The number of aromatic nitrogens is 1. The average Bonchev–Trinajstić information content (AvgIpc) is 3.27. The number of likely N-dealkylation sites (tertiary alicyclic amines) is 1. The molecule has 30 heavy (non-hydrogen) atoms. The normalized spacial score (nSPS) is 21.5. The lowest BCUT2D eigenvalue weighted by Gasteiger charge is -2.39. The molecule has 0 atom stereocenters. The first-order valence-electron chi connectivity index (χ1n) is 9.68. The van der Waals surface area contributed by atoms with Gasteiger partial charge < -0.3 is 9.64 Å². The summed E-state index contributed by atoms with van der Waals surface area (Å²) in [5.74, 6) is -0.486. The average molecular weight is 440 g/mol. The van der Waals surface area contributed by atoms with E-state index in [1.807, 2.05) is 37.3 Å². The minimum absolute atomic E-state index is 0.236. The lowest BCUT2D eigenvalue weighted by molar-refractivity contribution is -0.113. The number of pyridine rings is 1. The summed E-state index contributed by atoms with van der Waals surface area (Å²) in [6.07, 6.45) is 3.00. The Morgan fingerprint density at radius 2 is 1.93 bits per heavy atom. The Hall–Kier alpha value is -2.64. The first-order valence-corrected chi connectivity index (χ1v) is 10.9. The van der Waals surface area contributed by atoms with Crippen molar-refractivity contribution in [1.82, 2.24) is 9.88 Å². The SMILES string of the molecule is C/C(=C1/SC(N2CCC3(CC2)OC(=O)c2ccccc23)=NC1=O)c1ccc(Cl)nc1. The number of piperidine rings is 1. The first-order chi connectivity index (χ1) is 14.5. The molecule has 2 aromatic rings. The van der Waals surface area contributed by atoms with Crippen molar-refractivity contribution in [1.29, 1.82) is 0 Å². The van der Waals surface area contributed by atoms with Crippen LogP contribution in [0.15, 0.2) is 52.5 Å². The van der Waals surface area contributed by atoms with Crippen LogP contribution in [-0.2, 0) is 15.1 Å². The molecule has 8 heteroatoms. The van der Waals surface area contributed by atoms with Gasteiger partial charge in [-0.05, 0) is 42.0 Å². The van der Waals surface area contributed by atoms with E-state index >= 15 is 0 Å². The molecule has 3 aliphatic rings. The van der Waals surface area contributed by atoms with Crippen LogP contribution in [0.2, 0.25) is 5.15 Å². The molecule has 1 fully saturated rings. The molecule has 0 N–H and O–H groups in total. The highest BCUT2D eigenvalue weighted by Gasteiger charge is 2.48. The highest BCUT2D eigenvalue weighted by atomic mass is 35.5. The van der Waals surface area contributed by atoms with Gasteiger partial charge in [0.05, 0.1) is 10.5 Å². The summed E-state index contributed by atoms with van der Waals surface area (Å²) >= 11 is 7.25. The Morgan fingerprint density at radius 1 is 1.17 bits per heavy atom. The molecule has 4 heterocycles. The molecular weight excluding hydrogens is 422 g/mol. The van der Waals surface area contributed by atoms with Gasteiger partial charge in [0.2, 0.25) is 0 Å². The van der Waals surface area contributed by atoms with Crippen molar-refractivity contribution in [2.45, 2.75) is 25.4 Å². The van der Waals surface area contributed by atoms with Crippen LogP contribution in [0, 0.1) is 0 Å². The maximum Gasteiger partial charge on any atom is 0.339 e. The number of nitrogens with zero attached hydrogens (tertiary/aromatic N) is 3. The van der Waals surface area contributed by atoms with Crippen LogP contribution in [0.5, 0.6) is 0 Å². The van der Waals surface area contributed by atoms with Gasteiger partial charge in [-0.3, -0.25) is 4.79 Å². The minimum atomic E-state index is -0.568. The number of carbonyl (C=O) groups excluding carboxylic acids is 2. The molecule has 1 amide bonds. The van der Waals surface area contributed by atoms with Crippen molar-refractivity contribution < 1.29 is 14.3 Å². The molecule has 0 bridgehead atoms. The number of aliphatic imine (C=N–C) groups is 1. The third-order valence-corrected chi connectivity index (χ3v) is 7.29. The van der Waals surface area contributed by atoms with Crippen LogP contribution in [0.25, 0.3) is 5.57 Å². The highest BCUT2D eigenvalue weighted by molar-refractivity contribution is 8.18. The number of rotatable bonds is 1. The third-order valence-electron chi connectivity index (χ3n) is 5.85. The molecule has 0 aliphatic carbocycles. The number of halogens is 1. The number of hydrogen-bond acceptors (Lipinski definition) is 6. The van der Waals surface area contributed by atoms with Gasteiger partial charge in [0.1, 0.15) is 10.8 Å². The zero-order valence-electron chi connectivity index (χ0n) is 16.2. The van der Waals surface area contributed by atoms with Crippen LogP contribution in [0.4, 0.5) is 0 Å². The van der Waals surface area contributed by atoms with E-state index in [1.165, 1.54) is 11.8 Å². The first kappa shape index (κ1) is 19.3. The lowest BCUT2D eigenvalue weighted by Crippen LogP contribution is -2.44. The molecule has 1 spiro atoms. The molecular formula is C22H18ClN3O3S. The van der Waals surface area contributed by atoms with E-state index in [0.717, 1.165) is 16.7 Å². The Balaban J connectivity index is 1.33. The van der Waals surface area contributed by atoms with Gasteiger partial charge in [-0.1, -0.05) is 35.9 Å². The van der Waals surface area contributed by atoms with E-state index in [4.69, 9.17) is 16.3 Å². The second-order valence-corrected chi connectivity index (χ2v) is 8.91. The number of carbonyl (C=O) groups is 2. The summed E-state index contributed by atoms with van der Waals surface area (Å²) in [6.45, 7) is 3.22. The fourth-order valence-electron chi connectivity index (χ4n) is 4.17. The Kier molecular flexibility index (Phi) is 4.67. The molecule has 1 saturated heterocycles. The smallest absolute Gasteiger partial charge is 0.339 e. The predicted octanol–water partition coefficient (Wildman–Crippen LogP) is 4.26. The number of esters is 1. The summed E-state index contributed by atoms with van der Waals surface area (Å²) in [7, 11) is 0. The van der Waals surface area contributed by atoms with Gasteiger partial charge in [0.25, 0.3) is 5.91 Å². The van der Waals surface area contributed by atoms with Gasteiger partial charge >= 0.3 is 5.97 Å². The van der Waals surface area contributed by atoms with E-state index in [1.54, 1.807) is 12.3 Å². The topological polar surface area (TPSA) is 71.9 Å². The zero-order valence-corrected chi connectivity index (χ0v) is 17.8. The summed E-state index contributed by atoms with van der Waals surface area (Å²) in [4.78, 5) is 35.9. The van der Waals surface area contributed by atoms with Crippen molar-refractivity contribution in [3.63, 3.8) is 0 Å². The molecule has 1 aromatic carbocycles. The largest absolute Gasteiger partial charge is 0.450 e. The fourth-order valence-corrected chi connectivity index (χ4v) is 5.31. The number of ether oxygens (including phenoxy) is 1. The Bertz CT molecular complexity index is 1120. The van der Waals surface area contributed by atoms with E-state index in [2.05, 4.69) is 14.9 Å². The molecule has 3 aliphatic heterocycles.